The van der Waals surface area contributed by atoms with E-state index >= 15 is 0 Å². The fraction of sp³-hybridized carbons (Fsp3) is 0.294. The highest BCUT2D eigenvalue weighted by atomic mass is 35.5. The van der Waals surface area contributed by atoms with Gasteiger partial charge in [-0.2, -0.15) is 0 Å². The van der Waals surface area contributed by atoms with E-state index < -0.39 is 0 Å². The van der Waals surface area contributed by atoms with Gasteiger partial charge >= 0.3 is 0 Å². The molecule has 0 aliphatic heterocycles. The highest BCUT2D eigenvalue weighted by Crippen LogP contribution is 2.18. The first kappa shape index (κ1) is 15.0. The van der Waals surface area contributed by atoms with Gasteiger partial charge < -0.3 is 5.32 Å². The summed E-state index contributed by atoms with van der Waals surface area (Å²) in [5.41, 5.74) is 1.92. The Morgan fingerprint density at radius 3 is 2.35 bits per heavy atom. The third-order valence-corrected chi connectivity index (χ3v) is 3.61. The number of nitrogens with one attached hydrogen (secondary N) is 1. The quantitative estimate of drug-likeness (QED) is 0.837. The normalized spacial score (nSPS) is 14.0. The maximum absolute atomic E-state index is 13.7. The summed E-state index contributed by atoms with van der Waals surface area (Å²) in [6.45, 7) is 4.09. The average molecular weight is 292 g/mol. The van der Waals surface area contributed by atoms with Gasteiger partial charge in [-0.05, 0) is 44.0 Å². The van der Waals surface area contributed by atoms with Crippen molar-refractivity contribution in [3.63, 3.8) is 0 Å². The van der Waals surface area contributed by atoms with Gasteiger partial charge in [0.1, 0.15) is 5.82 Å². The van der Waals surface area contributed by atoms with Crippen LogP contribution in [0.5, 0.6) is 0 Å². The molecule has 2 unspecified atom stereocenters. The molecule has 106 valence electrons. The molecule has 2 atom stereocenters. The Kier molecular flexibility index (Phi) is 5.16. The van der Waals surface area contributed by atoms with Gasteiger partial charge in [0.05, 0.1) is 0 Å². The summed E-state index contributed by atoms with van der Waals surface area (Å²) in [5.74, 6) is -0.161. The Labute approximate surface area is 124 Å². The fourth-order valence-electron chi connectivity index (χ4n) is 2.38. The summed E-state index contributed by atoms with van der Waals surface area (Å²) in [5, 5.41) is 4.17. The van der Waals surface area contributed by atoms with Crippen molar-refractivity contribution in [1.29, 1.82) is 0 Å². The molecule has 0 radical (unpaired) electrons. The summed E-state index contributed by atoms with van der Waals surface area (Å²) >= 11 is 5.87. The van der Waals surface area contributed by atoms with Crippen LogP contribution in [0.25, 0.3) is 0 Å². The summed E-state index contributed by atoms with van der Waals surface area (Å²) < 4.78 is 13.7. The number of hydrogen-bond donors (Lipinski definition) is 1. The number of halogens is 2. The van der Waals surface area contributed by atoms with Gasteiger partial charge in [-0.1, -0.05) is 41.9 Å². The van der Waals surface area contributed by atoms with Crippen LogP contribution in [-0.2, 0) is 6.42 Å². The molecule has 2 aromatic rings. The van der Waals surface area contributed by atoms with Crippen LogP contribution in [-0.4, -0.2) is 6.04 Å². The summed E-state index contributed by atoms with van der Waals surface area (Å²) in [7, 11) is 0. The number of rotatable bonds is 5. The van der Waals surface area contributed by atoms with Crippen molar-refractivity contribution in [3.05, 3.63) is 70.5 Å². The molecule has 0 bridgehead atoms. The van der Waals surface area contributed by atoms with E-state index in [0.29, 0.717) is 5.56 Å². The van der Waals surface area contributed by atoms with Crippen molar-refractivity contribution in [1.82, 2.24) is 5.32 Å². The maximum Gasteiger partial charge on any atom is 0.127 e. The molecular formula is C17H19ClFN. The van der Waals surface area contributed by atoms with Crippen LogP contribution in [0.2, 0.25) is 5.02 Å². The average Bonchev–Trinajstić information content (AvgIpc) is 2.41. The van der Waals surface area contributed by atoms with Crippen molar-refractivity contribution < 1.29 is 4.39 Å². The second-order valence-electron chi connectivity index (χ2n) is 5.14. The van der Waals surface area contributed by atoms with E-state index in [0.717, 1.165) is 11.4 Å². The van der Waals surface area contributed by atoms with Crippen molar-refractivity contribution in [3.8, 4) is 0 Å². The Morgan fingerprint density at radius 2 is 1.70 bits per heavy atom. The van der Waals surface area contributed by atoms with Gasteiger partial charge in [0.25, 0.3) is 0 Å². The van der Waals surface area contributed by atoms with Gasteiger partial charge in [-0.25, -0.2) is 4.39 Å². The molecule has 1 N–H and O–H groups in total. The summed E-state index contributed by atoms with van der Waals surface area (Å²) in [4.78, 5) is 0. The minimum atomic E-state index is -0.161. The monoisotopic (exact) mass is 291 g/mol. The third kappa shape index (κ3) is 4.06. The molecule has 3 heteroatoms. The molecule has 0 fully saturated rings. The highest BCUT2D eigenvalue weighted by Gasteiger charge is 2.13. The van der Waals surface area contributed by atoms with Crippen molar-refractivity contribution in [2.75, 3.05) is 0 Å². The largest absolute Gasteiger partial charge is 0.307 e. The SMILES string of the molecule is CC(Cc1ccc(Cl)cc1)NC(C)c1ccccc1F. The summed E-state index contributed by atoms with van der Waals surface area (Å²) in [6.07, 6.45) is 0.885. The van der Waals surface area contributed by atoms with Crippen LogP contribution in [0.15, 0.2) is 48.5 Å². The van der Waals surface area contributed by atoms with Crippen molar-refractivity contribution >= 4 is 11.6 Å². The molecule has 0 heterocycles. The van der Waals surface area contributed by atoms with E-state index in [4.69, 9.17) is 11.6 Å². The van der Waals surface area contributed by atoms with Gasteiger partial charge in [-0.3, -0.25) is 0 Å². The topological polar surface area (TPSA) is 12.0 Å². The fourth-order valence-corrected chi connectivity index (χ4v) is 2.50. The van der Waals surface area contributed by atoms with Crippen LogP contribution in [0.3, 0.4) is 0 Å². The Balaban J connectivity index is 1.96. The second-order valence-corrected chi connectivity index (χ2v) is 5.58. The molecule has 0 aliphatic rings. The predicted molar refractivity (Wildman–Crippen MR) is 82.6 cm³/mol. The molecule has 2 rings (SSSR count). The van der Waals surface area contributed by atoms with Crippen LogP contribution >= 0.6 is 11.6 Å². The van der Waals surface area contributed by atoms with E-state index in [1.165, 1.54) is 11.6 Å². The van der Waals surface area contributed by atoms with E-state index in [2.05, 4.69) is 12.2 Å². The van der Waals surface area contributed by atoms with E-state index in [-0.39, 0.29) is 17.9 Å². The van der Waals surface area contributed by atoms with Crippen LogP contribution in [0.1, 0.15) is 31.0 Å². The lowest BCUT2D eigenvalue weighted by molar-refractivity contribution is 0.460. The zero-order valence-corrected chi connectivity index (χ0v) is 12.5. The summed E-state index contributed by atoms with van der Waals surface area (Å²) in [6, 6.07) is 15.0. The van der Waals surface area contributed by atoms with Gasteiger partial charge in [0, 0.05) is 22.7 Å². The van der Waals surface area contributed by atoms with Crippen LogP contribution in [0, 0.1) is 5.82 Å². The zero-order valence-electron chi connectivity index (χ0n) is 11.7. The molecular weight excluding hydrogens is 273 g/mol. The van der Waals surface area contributed by atoms with Crippen molar-refractivity contribution in [2.45, 2.75) is 32.4 Å². The lowest BCUT2D eigenvalue weighted by Gasteiger charge is -2.21. The van der Waals surface area contributed by atoms with Crippen LogP contribution in [0.4, 0.5) is 4.39 Å². The van der Waals surface area contributed by atoms with E-state index in [9.17, 15) is 4.39 Å². The van der Waals surface area contributed by atoms with Gasteiger partial charge in [-0.15, -0.1) is 0 Å². The molecule has 1 nitrogen and oxygen atoms in total. The highest BCUT2D eigenvalue weighted by molar-refractivity contribution is 6.30. The standard InChI is InChI=1S/C17H19ClFN/c1-12(11-14-7-9-15(18)10-8-14)20-13(2)16-5-3-4-6-17(16)19/h3-10,12-13,20H,11H2,1-2H3. The lowest BCUT2D eigenvalue weighted by atomic mass is 10.0. The first-order valence-electron chi connectivity index (χ1n) is 6.81. The number of hydrogen-bond acceptors (Lipinski definition) is 1. The Morgan fingerprint density at radius 1 is 1.05 bits per heavy atom. The Hall–Kier alpha value is -1.38. The third-order valence-electron chi connectivity index (χ3n) is 3.36. The molecule has 0 aliphatic carbocycles. The first-order valence-corrected chi connectivity index (χ1v) is 7.19. The molecule has 20 heavy (non-hydrogen) atoms. The minimum Gasteiger partial charge on any atom is -0.307 e. The predicted octanol–water partition coefficient (Wildman–Crippen LogP) is 4.76. The molecule has 0 aromatic heterocycles. The van der Waals surface area contributed by atoms with E-state index in [1.54, 1.807) is 6.07 Å². The molecule has 0 saturated carbocycles. The first-order chi connectivity index (χ1) is 9.56. The zero-order chi connectivity index (χ0) is 14.5. The molecule has 0 amide bonds. The number of benzene rings is 2. The van der Waals surface area contributed by atoms with E-state index in [1.807, 2.05) is 43.3 Å². The Bertz CT molecular complexity index is 553. The van der Waals surface area contributed by atoms with Crippen LogP contribution < -0.4 is 5.32 Å². The molecule has 0 spiro atoms. The lowest BCUT2D eigenvalue weighted by Crippen LogP contribution is -2.31. The van der Waals surface area contributed by atoms with Gasteiger partial charge in [0.15, 0.2) is 0 Å². The second kappa shape index (κ2) is 6.87. The smallest absolute Gasteiger partial charge is 0.127 e. The molecule has 0 saturated heterocycles. The molecule has 2 aromatic carbocycles. The maximum atomic E-state index is 13.7. The van der Waals surface area contributed by atoms with Gasteiger partial charge in [0.2, 0.25) is 0 Å². The minimum absolute atomic E-state index is 0.0153. The van der Waals surface area contributed by atoms with Crippen molar-refractivity contribution in [2.24, 2.45) is 0 Å².